The van der Waals surface area contributed by atoms with Gasteiger partial charge in [-0.15, -0.1) is 0 Å². The maximum atomic E-state index is 11.3. The van der Waals surface area contributed by atoms with E-state index in [1.54, 1.807) is 6.07 Å². The van der Waals surface area contributed by atoms with E-state index in [0.29, 0.717) is 12.1 Å². The predicted octanol–water partition coefficient (Wildman–Crippen LogP) is 1.51. The summed E-state index contributed by atoms with van der Waals surface area (Å²) in [5.41, 5.74) is 1.38. The first-order chi connectivity index (χ1) is 9.69. The maximum absolute atomic E-state index is 11.3. The molecule has 0 aliphatic heterocycles. The van der Waals surface area contributed by atoms with Crippen molar-refractivity contribution in [2.45, 2.75) is 32.2 Å². The van der Waals surface area contributed by atoms with Gasteiger partial charge in [0.15, 0.2) is 0 Å². The average Bonchev–Trinajstić information content (AvgIpc) is 2.96. The SMILES string of the molecule is COC(=O)c1ccc(CNCC2(CO)CCCC2)nc1. The lowest BCUT2D eigenvalue weighted by Gasteiger charge is -2.26. The van der Waals surface area contributed by atoms with Gasteiger partial charge in [-0.3, -0.25) is 4.98 Å². The Bertz CT molecular complexity index is 439. The van der Waals surface area contributed by atoms with E-state index in [0.717, 1.165) is 25.1 Å². The number of hydrogen-bond donors (Lipinski definition) is 2. The number of nitrogens with one attached hydrogen (secondary N) is 1. The summed E-state index contributed by atoms with van der Waals surface area (Å²) < 4.78 is 4.63. The molecule has 1 aromatic heterocycles. The van der Waals surface area contributed by atoms with Gasteiger partial charge in [-0.05, 0) is 25.0 Å². The summed E-state index contributed by atoms with van der Waals surface area (Å²) in [6.45, 7) is 1.70. The molecule has 0 saturated heterocycles. The van der Waals surface area contributed by atoms with Gasteiger partial charge in [-0.25, -0.2) is 4.79 Å². The van der Waals surface area contributed by atoms with Crippen molar-refractivity contribution < 1.29 is 14.6 Å². The van der Waals surface area contributed by atoms with Crippen molar-refractivity contribution in [1.29, 1.82) is 0 Å². The van der Waals surface area contributed by atoms with E-state index in [1.165, 1.54) is 26.1 Å². The molecule has 2 rings (SSSR count). The molecular formula is C15H22N2O3. The van der Waals surface area contributed by atoms with Gasteiger partial charge in [0.1, 0.15) is 0 Å². The molecule has 2 N–H and O–H groups in total. The summed E-state index contributed by atoms with van der Waals surface area (Å²) in [4.78, 5) is 15.5. The lowest BCUT2D eigenvalue weighted by Crippen LogP contribution is -2.35. The van der Waals surface area contributed by atoms with E-state index >= 15 is 0 Å². The molecule has 1 fully saturated rings. The van der Waals surface area contributed by atoms with Crippen molar-refractivity contribution in [3.8, 4) is 0 Å². The van der Waals surface area contributed by atoms with Gasteiger partial charge in [0.2, 0.25) is 0 Å². The Morgan fingerprint density at radius 1 is 1.45 bits per heavy atom. The van der Waals surface area contributed by atoms with E-state index in [4.69, 9.17) is 0 Å². The third kappa shape index (κ3) is 3.55. The molecule has 0 bridgehead atoms. The fourth-order valence-corrected chi connectivity index (χ4v) is 2.74. The number of methoxy groups -OCH3 is 1. The Kier molecular flexibility index (Phi) is 5.09. The summed E-state index contributed by atoms with van der Waals surface area (Å²) in [6.07, 6.45) is 6.11. The Hall–Kier alpha value is -1.46. The maximum Gasteiger partial charge on any atom is 0.339 e. The Labute approximate surface area is 119 Å². The number of carbonyl (C=O) groups excluding carboxylic acids is 1. The van der Waals surface area contributed by atoms with Crippen LogP contribution in [0.2, 0.25) is 0 Å². The quantitative estimate of drug-likeness (QED) is 0.772. The minimum Gasteiger partial charge on any atom is -0.465 e. The zero-order valence-electron chi connectivity index (χ0n) is 11.9. The molecule has 1 aliphatic rings. The third-order valence-corrected chi connectivity index (χ3v) is 4.05. The summed E-state index contributed by atoms with van der Waals surface area (Å²) in [7, 11) is 1.35. The monoisotopic (exact) mass is 278 g/mol. The van der Waals surface area contributed by atoms with E-state index in [2.05, 4.69) is 15.0 Å². The van der Waals surface area contributed by atoms with Crippen LogP contribution >= 0.6 is 0 Å². The number of aliphatic hydroxyl groups is 1. The number of pyridine rings is 1. The Morgan fingerprint density at radius 3 is 2.75 bits per heavy atom. The topological polar surface area (TPSA) is 71.5 Å². The average molecular weight is 278 g/mol. The van der Waals surface area contributed by atoms with Crippen LogP contribution in [0, 0.1) is 5.41 Å². The molecule has 0 unspecified atom stereocenters. The number of nitrogens with zero attached hydrogens (tertiary/aromatic N) is 1. The third-order valence-electron chi connectivity index (χ3n) is 4.05. The van der Waals surface area contributed by atoms with Gasteiger partial charge in [0.05, 0.1) is 18.4 Å². The van der Waals surface area contributed by atoms with Gasteiger partial charge < -0.3 is 15.2 Å². The van der Waals surface area contributed by atoms with Crippen LogP contribution in [0.25, 0.3) is 0 Å². The first kappa shape index (κ1) is 14.9. The summed E-state index contributed by atoms with van der Waals surface area (Å²) in [5, 5.41) is 12.9. The fraction of sp³-hybridized carbons (Fsp3) is 0.600. The van der Waals surface area contributed by atoms with Crippen molar-refractivity contribution >= 4 is 5.97 Å². The number of ether oxygens (including phenoxy) is 1. The van der Waals surface area contributed by atoms with Crippen molar-refractivity contribution in [2.24, 2.45) is 5.41 Å². The van der Waals surface area contributed by atoms with Crippen LogP contribution in [-0.4, -0.2) is 36.3 Å². The molecule has 0 spiro atoms. The zero-order chi connectivity index (χ0) is 14.4. The molecule has 20 heavy (non-hydrogen) atoms. The van der Waals surface area contributed by atoms with Crippen LogP contribution in [0.15, 0.2) is 18.3 Å². The van der Waals surface area contributed by atoms with Crippen LogP contribution in [0.4, 0.5) is 0 Å². The minimum atomic E-state index is -0.373. The number of aliphatic hydroxyl groups excluding tert-OH is 1. The molecular weight excluding hydrogens is 256 g/mol. The molecule has 5 heteroatoms. The van der Waals surface area contributed by atoms with Gasteiger partial charge in [-0.2, -0.15) is 0 Å². The Balaban J connectivity index is 1.83. The number of hydrogen-bond acceptors (Lipinski definition) is 5. The van der Waals surface area contributed by atoms with Crippen molar-refractivity contribution in [2.75, 3.05) is 20.3 Å². The zero-order valence-corrected chi connectivity index (χ0v) is 11.9. The fourth-order valence-electron chi connectivity index (χ4n) is 2.74. The molecule has 5 nitrogen and oxygen atoms in total. The minimum absolute atomic E-state index is 0.0476. The molecule has 1 aromatic rings. The molecule has 0 radical (unpaired) electrons. The van der Waals surface area contributed by atoms with Gasteiger partial charge in [-0.1, -0.05) is 12.8 Å². The Morgan fingerprint density at radius 2 is 2.20 bits per heavy atom. The predicted molar refractivity (Wildman–Crippen MR) is 75.3 cm³/mol. The first-order valence-corrected chi connectivity index (χ1v) is 7.04. The van der Waals surface area contributed by atoms with Crippen LogP contribution < -0.4 is 5.32 Å². The summed E-state index contributed by atoms with van der Waals surface area (Å²) in [6, 6.07) is 3.53. The van der Waals surface area contributed by atoms with E-state index in [9.17, 15) is 9.90 Å². The van der Waals surface area contributed by atoms with E-state index in [1.807, 2.05) is 6.07 Å². The highest BCUT2D eigenvalue weighted by molar-refractivity contribution is 5.88. The van der Waals surface area contributed by atoms with Crippen LogP contribution in [0.1, 0.15) is 41.7 Å². The number of carbonyl (C=O) groups is 1. The second-order valence-electron chi connectivity index (χ2n) is 5.50. The highest BCUT2D eigenvalue weighted by Crippen LogP contribution is 2.36. The summed E-state index contributed by atoms with van der Waals surface area (Å²) >= 11 is 0. The second-order valence-corrected chi connectivity index (χ2v) is 5.50. The largest absolute Gasteiger partial charge is 0.465 e. The van der Waals surface area contributed by atoms with Gasteiger partial charge in [0, 0.05) is 31.3 Å². The van der Waals surface area contributed by atoms with Crippen molar-refractivity contribution in [3.05, 3.63) is 29.6 Å². The van der Waals surface area contributed by atoms with Gasteiger partial charge >= 0.3 is 5.97 Å². The van der Waals surface area contributed by atoms with Crippen LogP contribution in [0.3, 0.4) is 0 Å². The second kappa shape index (κ2) is 6.81. The van der Waals surface area contributed by atoms with E-state index < -0.39 is 0 Å². The standard InChI is InChI=1S/C15H22N2O3/c1-20-14(19)12-4-5-13(17-8-12)9-16-10-15(11-18)6-2-3-7-15/h4-5,8,16,18H,2-3,6-7,9-11H2,1H3. The molecule has 1 heterocycles. The highest BCUT2D eigenvalue weighted by atomic mass is 16.5. The van der Waals surface area contributed by atoms with Crippen LogP contribution in [-0.2, 0) is 11.3 Å². The number of esters is 1. The normalized spacial score (nSPS) is 17.1. The lowest BCUT2D eigenvalue weighted by atomic mass is 9.87. The molecule has 1 aliphatic carbocycles. The highest BCUT2D eigenvalue weighted by Gasteiger charge is 2.32. The van der Waals surface area contributed by atoms with Crippen LogP contribution in [0.5, 0.6) is 0 Å². The molecule has 0 amide bonds. The van der Waals surface area contributed by atoms with Crippen molar-refractivity contribution in [3.63, 3.8) is 0 Å². The van der Waals surface area contributed by atoms with Gasteiger partial charge in [0.25, 0.3) is 0 Å². The smallest absolute Gasteiger partial charge is 0.339 e. The molecule has 0 atom stereocenters. The molecule has 110 valence electrons. The first-order valence-electron chi connectivity index (χ1n) is 7.04. The number of aromatic nitrogens is 1. The molecule has 0 aromatic carbocycles. The number of rotatable bonds is 6. The van der Waals surface area contributed by atoms with Crippen molar-refractivity contribution in [1.82, 2.24) is 10.3 Å². The van der Waals surface area contributed by atoms with E-state index in [-0.39, 0.29) is 18.0 Å². The molecule has 1 saturated carbocycles. The summed E-state index contributed by atoms with van der Waals surface area (Å²) in [5.74, 6) is -0.373. The lowest BCUT2D eigenvalue weighted by molar-refractivity contribution is 0.0600.